The molecule has 1 aromatic carbocycles. The van der Waals surface area contributed by atoms with E-state index in [1.807, 2.05) is 0 Å². The van der Waals surface area contributed by atoms with Crippen molar-refractivity contribution in [3.8, 4) is 0 Å². The molecule has 0 spiro atoms. The van der Waals surface area contributed by atoms with Gasteiger partial charge in [0, 0.05) is 21.6 Å². The van der Waals surface area contributed by atoms with Crippen molar-refractivity contribution in [2.45, 2.75) is 19.5 Å². The fourth-order valence-corrected chi connectivity index (χ4v) is 4.52. The molecule has 1 N–H and O–H groups in total. The van der Waals surface area contributed by atoms with Gasteiger partial charge in [-0.1, -0.05) is 15.9 Å². The quantitative estimate of drug-likeness (QED) is 0.612. The normalized spacial score (nSPS) is 12.5. The van der Waals surface area contributed by atoms with E-state index in [0.29, 0.717) is 5.39 Å². The predicted molar refractivity (Wildman–Crippen MR) is 91.2 cm³/mol. The number of aromatic carboxylic acids is 1. The monoisotopic (exact) mass is 437 g/mol. The third-order valence-electron chi connectivity index (χ3n) is 3.29. The number of carboxylic acid groups (broad SMARTS) is 1. The average Bonchev–Trinajstić information content (AvgIpc) is 2.53. The van der Waals surface area contributed by atoms with Gasteiger partial charge in [0.25, 0.3) is 0 Å². The zero-order valence-electron chi connectivity index (χ0n) is 13.3. The number of fused-ring (bicyclic) bond motifs is 1. The van der Waals surface area contributed by atoms with Crippen LogP contribution in [-0.4, -0.2) is 29.3 Å². The van der Waals surface area contributed by atoms with Gasteiger partial charge in [-0.05, 0) is 37.4 Å². The second-order valence-corrected chi connectivity index (χ2v) is 7.86. The number of carbonyl (C=O) groups is 1. The summed E-state index contributed by atoms with van der Waals surface area (Å²) in [7, 11) is -4.78. The van der Waals surface area contributed by atoms with Crippen LogP contribution in [0.2, 0.25) is 0 Å². The standard InChI is InChI=1S/C15H15BrF2NO5P/c1-3-23-25(22,24-4-2)15(17,18)11-5-9-7-13(14(20)21)19-8-10(9)6-12(11)16/h5-8H,3-4H2,1-2H3,(H,20,21). The Bertz CT molecular complexity index is 851. The summed E-state index contributed by atoms with van der Waals surface area (Å²) >= 11 is 3.04. The molecule has 0 aliphatic carbocycles. The van der Waals surface area contributed by atoms with Crippen LogP contribution in [0.15, 0.2) is 28.9 Å². The second kappa shape index (κ2) is 7.45. The van der Waals surface area contributed by atoms with Crippen LogP contribution in [0, 0.1) is 0 Å². The SMILES string of the molecule is CCOP(=O)(OCC)C(F)(F)c1cc2cc(C(=O)O)ncc2cc1Br. The molecule has 0 atom stereocenters. The summed E-state index contributed by atoms with van der Waals surface area (Å²) in [6.45, 7) is 2.43. The predicted octanol–water partition coefficient (Wildman–Crippen LogP) is 5.01. The van der Waals surface area contributed by atoms with Crippen molar-refractivity contribution in [3.05, 3.63) is 40.1 Å². The first-order valence-electron chi connectivity index (χ1n) is 7.26. The number of pyridine rings is 1. The van der Waals surface area contributed by atoms with Crippen molar-refractivity contribution in [2.75, 3.05) is 13.2 Å². The number of rotatable bonds is 7. The molecule has 136 valence electrons. The number of halogens is 3. The van der Waals surface area contributed by atoms with Crippen LogP contribution in [-0.2, 0) is 19.3 Å². The molecule has 0 fully saturated rings. The van der Waals surface area contributed by atoms with E-state index >= 15 is 0 Å². The van der Waals surface area contributed by atoms with Crippen molar-refractivity contribution in [2.24, 2.45) is 0 Å². The zero-order valence-corrected chi connectivity index (χ0v) is 15.8. The van der Waals surface area contributed by atoms with Gasteiger partial charge in [0.05, 0.1) is 13.2 Å². The average molecular weight is 438 g/mol. The third-order valence-corrected chi connectivity index (χ3v) is 6.07. The molecule has 0 bridgehead atoms. The molecule has 0 saturated heterocycles. The minimum atomic E-state index is -4.78. The highest BCUT2D eigenvalue weighted by Crippen LogP contribution is 2.67. The number of hydrogen-bond acceptors (Lipinski definition) is 5. The van der Waals surface area contributed by atoms with Crippen LogP contribution in [0.4, 0.5) is 8.78 Å². The van der Waals surface area contributed by atoms with E-state index in [1.165, 1.54) is 26.1 Å². The summed E-state index contributed by atoms with van der Waals surface area (Å²) < 4.78 is 52.0. The number of nitrogens with zero attached hydrogens (tertiary/aromatic N) is 1. The topological polar surface area (TPSA) is 85.7 Å². The van der Waals surface area contributed by atoms with Crippen LogP contribution in [0.25, 0.3) is 10.8 Å². The molecular weight excluding hydrogens is 423 g/mol. The Kier molecular flexibility index (Phi) is 5.93. The van der Waals surface area contributed by atoms with E-state index in [0.717, 1.165) is 12.1 Å². The highest BCUT2D eigenvalue weighted by atomic mass is 79.9. The Morgan fingerprint density at radius 3 is 2.36 bits per heavy atom. The molecule has 0 aliphatic rings. The van der Waals surface area contributed by atoms with Gasteiger partial charge in [-0.3, -0.25) is 4.57 Å². The summed E-state index contributed by atoms with van der Waals surface area (Å²) in [5, 5.41) is 9.65. The van der Waals surface area contributed by atoms with Crippen molar-refractivity contribution in [1.82, 2.24) is 4.98 Å². The van der Waals surface area contributed by atoms with Gasteiger partial charge in [0.15, 0.2) is 0 Å². The maximum absolute atomic E-state index is 15.0. The van der Waals surface area contributed by atoms with Gasteiger partial charge in [-0.25, -0.2) is 9.78 Å². The molecule has 6 nitrogen and oxygen atoms in total. The second-order valence-electron chi connectivity index (χ2n) is 4.93. The first-order valence-corrected chi connectivity index (χ1v) is 9.60. The Balaban J connectivity index is 2.66. The first kappa shape index (κ1) is 19.9. The fourth-order valence-electron chi connectivity index (χ4n) is 2.20. The van der Waals surface area contributed by atoms with Crippen LogP contribution in [0.3, 0.4) is 0 Å². The Morgan fingerprint density at radius 2 is 1.84 bits per heavy atom. The Morgan fingerprint density at radius 1 is 1.24 bits per heavy atom. The smallest absolute Gasteiger partial charge is 0.404 e. The molecule has 0 amide bonds. The van der Waals surface area contributed by atoms with Crippen LogP contribution in [0.1, 0.15) is 29.9 Å². The maximum atomic E-state index is 15.0. The van der Waals surface area contributed by atoms with Crippen LogP contribution < -0.4 is 0 Å². The van der Waals surface area contributed by atoms with E-state index in [9.17, 15) is 18.1 Å². The Hall–Kier alpha value is -1.41. The first-order chi connectivity index (χ1) is 11.7. The summed E-state index contributed by atoms with van der Waals surface area (Å²) in [6, 6.07) is 3.56. The minimum absolute atomic E-state index is 0.0190. The molecule has 0 unspecified atom stereocenters. The van der Waals surface area contributed by atoms with Crippen LogP contribution >= 0.6 is 23.5 Å². The molecule has 0 radical (unpaired) electrons. The number of hydrogen-bond donors (Lipinski definition) is 1. The molecule has 2 rings (SSSR count). The van der Waals surface area contributed by atoms with E-state index in [2.05, 4.69) is 20.9 Å². The lowest BCUT2D eigenvalue weighted by Gasteiger charge is -2.27. The maximum Gasteiger partial charge on any atom is 0.404 e. The largest absolute Gasteiger partial charge is 0.477 e. The van der Waals surface area contributed by atoms with Gasteiger partial charge in [0.1, 0.15) is 5.69 Å². The number of carboxylic acids is 1. The number of alkyl halides is 2. The molecule has 0 aliphatic heterocycles. The van der Waals surface area contributed by atoms with E-state index in [4.69, 9.17) is 14.2 Å². The highest BCUT2D eigenvalue weighted by Gasteiger charge is 2.55. The van der Waals surface area contributed by atoms with E-state index in [1.54, 1.807) is 0 Å². The summed E-state index contributed by atoms with van der Waals surface area (Å²) in [6.07, 6.45) is 1.26. The minimum Gasteiger partial charge on any atom is -0.477 e. The van der Waals surface area contributed by atoms with E-state index in [-0.39, 0.29) is 28.8 Å². The number of benzene rings is 1. The van der Waals surface area contributed by atoms with Crippen molar-refractivity contribution < 1.29 is 32.3 Å². The van der Waals surface area contributed by atoms with E-state index < -0.39 is 24.8 Å². The lowest BCUT2D eigenvalue weighted by Crippen LogP contribution is -2.19. The highest BCUT2D eigenvalue weighted by molar-refractivity contribution is 9.10. The van der Waals surface area contributed by atoms with Gasteiger partial charge < -0.3 is 14.2 Å². The fraction of sp³-hybridized carbons (Fsp3) is 0.333. The number of aromatic nitrogens is 1. The lowest BCUT2D eigenvalue weighted by molar-refractivity contribution is 0.0356. The zero-order chi connectivity index (χ0) is 18.8. The third kappa shape index (κ3) is 3.74. The van der Waals surface area contributed by atoms with Crippen molar-refractivity contribution in [3.63, 3.8) is 0 Å². The molecule has 0 saturated carbocycles. The summed E-state index contributed by atoms with van der Waals surface area (Å²) in [5.74, 6) is -1.28. The molecule has 2 aromatic rings. The molecular formula is C15H15BrF2NO5P. The van der Waals surface area contributed by atoms with Gasteiger partial charge >= 0.3 is 19.2 Å². The summed E-state index contributed by atoms with van der Waals surface area (Å²) in [5.41, 5.74) is -4.84. The van der Waals surface area contributed by atoms with Gasteiger partial charge in [0.2, 0.25) is 0 Å². The van der Waals surface area contributed by atoms with Crippen molar-refractivity contribution in [1.29, 1.82) is 0 Å². The lowest BCUT2D eigenvalue weighted by atomic mass is 10.1. The molecule has 1 aromatic heterocycles. The summed E-state index contributed by atoms with van der Waals surface area (Å²) in [4.78, 5) is 14.8. The molecule has 25 heavy (non-hydrogen) atoms. The van der Waals surface area contributed by atoms with Gasteiger partial charge in [-0.2, -0.15) is 8.78 Å². The molecule has 1 heterocycles. The van der Waals surface area contributed by atoms with Crippen LogP contribution in [0.5, 0.6) is 0 Å². The van der Waals surface area contributed by atoms with Gasteiger partial charge in [-0.15, -0.1) is 0 Å². The van der Waals surface area contributed by atoms with Crippen molar-refractivity contribution >= 4 is 40.3 Å². The Labute approximate surface area is 150 Å². The molecule has 10 heteroatoms.